The third-order valence-electron chi connectivity index (χ3n) is 3.72. The fourth-order valence-electron chi connectivity index (χ4n) is 2.60. The van der Waals surface area contributed by atoms with Crippen LogP contribution in [0.15, 0.2) is 18.3 Å². The average Bonchev–Trinajstić information content (AvgIpc) is 3.12. The van der Waals surface area contributed by atoms with Gasteiger partial charge in [0.05, 0.1) is 7.11 Å². The normalized spacial score (nSPS) is 16.8. The third kappa shape index (κ3) is 1.64. The Balaban J connectivity index is 2.24. The first-order valence-corrected chi connectivity index (χ1v) is 6.52. The van der Waals surface area contributed by atoms with Crippen LogP contribution in [0.2, 0.25) is 0 Å². The van der Waals surface area contributed by atoms with E-state index in [-0.39, 0.29) is 12.0 Å². The fourth-order valence-corrected chi connectivity index (χ4v) is 2.60. The van der Waals surface area contributed by atoms with Crippen LogP contribution in [0, 0.1) is 0 Å². The Morgan fingerprint density at radius 3 is 2.79 bits per heavy atom. The molecular formula is C14H17N3O2. The number of imidazole rings is 1. The number of nitrogens with zero attached hydrogens (tertiary/aromatic N) is 3. The van der Waals surface area contributed by atoms with E-state index in [0.29, 0.717) is 0 Å². The molecule has 0 N–H and O–H groups in total. The van der Waals surface area contributed by atoms with Gasteiger partial charge in [-0.3, -0.25) is 4.79 Å². The van der Waals surface area contributed by atoms with E-state index in [2.05, 4.69) is 28.4 Å². The zero-order valence-corrected chi connectivity index (χ0v) is 11.4. The monoisotopic (exact) mass is 259 g/mol. The zero-order valence-electron chi connectivity index (χ0n) is 11.4. The van der Waals surface area contributed by atoms with Crippen molar-refractivity contribution >= 4 is 17.1 Å². The summed E-state index contributed by atoms with van der Waals surface area (Å²) in [6.07, 6.45) is 3.36. The predicted octanol–water partition coefficient (Wildman–Crippen LogP) is 2.22. The van der Waals surface area contributed by atoms with E-state index < -0.39 is 5.41 Å². The zero-order chi connectivity index (χ0) is 13.6. The van der Waals surface area contributed by atoms with Gasteiger partial charge in [0.2, 0.25) is 0 Å². The first-order chi connectivity index (χ1) is 9.10. The molecule has 3 rings (SSSR count). The Bertz CT molecular complexity index is 641. The molecule has 1 saturated carbocycles. The standard InChI is InChI=1S/C14H17N3O2/c1-9(2)17-11-10(5-4-8-15-11)16-12(17)14(6-7-14)13(18)19-3/h4-5,8-9H,6-7H2,1-3H3. The van der Waals surface area contributed by atoms with Crippen molar-refractivity contribution in [3.8, 4) is 0 Å². The predicted molar refractivity (Wildman–Crippen MR) is 70.8 cm³/mol. The smallest absolute Gasteiger partial charge is 0.319 e. The summed E-state index contributed by atoms with van der Waals surface area (Å²) in [4.78, 5) is 21.1. The molecule has 5 heteroatoms. The lowest BCUT2D eigenvalue weighted by molar-refractivity contribution is -0.144. The number of hydrogen-bond donors (Lipinski definition) is 0. The number of pyridine rings is 1. The summed E-state index contributed by atoms with van der Waals surface area (Å²) >= 11 is 0. The van der Waals surface area contributed by atoms with Gasteiger partial charge in [-0.1, -0.05) is 0 Å². The molecule has 19 heavy (non-hydrogen) atoms. The fraction of sp³-hybridized carbons (Fsp3) is 0.500. The summed E-state index contributed by atoms with van der Waals surface area (Å²) in [6, 6.07) is 4.00. The highest BCUT2D eigenvalue weighted by Gasteiger charge is 2.56. The van der Waals surface area contributed by atoms with E-state index in [1.165, 1.54) is 7.11 Å². The van der Waals surface area contributed by atoms with Gasteiger partial charge in [-0.25, -0.2) is 9.97 Å². The lowest BCUT2D eigenvalue weighted by Crippen LogP contribution is -2.26. The largest absolute Gasteiger partial charge is 0.468 e. The molecule has 100 valence electrons. The van der Waals surface area contributed by atoms with Crippen LogP contribution in [-0.2, 0) is 14.9 Å². The second-order valence-electron chi connectivity index (χ2n) is 5.32. The Morgan fingerprint density at radius 2 is 2.21 bits per heavy atom. The minimum Gasteiger partial charge on any atom is -0.468 e. The Kier molecular flexibility index (Phi) is 2.59. The van der Waals surface area contributed by atoms with E-state index in [4.69, 9.17) is 4.74 Å². The van der Waals surface area contributed by atoms with Crippen molar-refractivity contribution in [3.05, 3.63) is 24.2 Å². The van der Waals surface area contributed by atoms with Crippen molar-refractivity contribution in [1.82, 2.24) is 14.5 Å². The van der Waals surface area contributed by atoms with E-state index in [1.807, 2.05) is 12.1 Å². The van der Waals surface area contributed by atoms with Gasteiger partial charge in [0.15, 0.2) is 5.65 Å². The van der Waals surface area contributed by atoms with Crippen molar-refractivity contribution in [2.45, 2.75) is 38.1 Å². The van der Waals surface area contributed by atoms with Gasteiger partial charge in [0.1, 0.15) is 16.8 Å². The van der Waals surface area contributed by atoms with E-state index in [9.17, 15) is 4.79 Å². The summed E-state index contributed by atoms with van der Waals surface area (Å²) in [5, 5.41) is 0. The quantitative estimate of drug-likeness (QED) is 0.793. The SMILES string of the molecule is COC(=O)C1(c2nc3cccnc3n2C(C)C)CC1. The van der Waals surface area contributed by atoms with Crippen LogP contribution in [-0.4, -0.2) is 27.6 Å². The highest BCUT2D eigenvalue weighted by atomic mass is 16.5. The number of esters is 1. The second-order valence-corrected chi connectivity index (χ2v) is 5.32. The van der Waals surface area contributed by atoms with Crippen LogP contribution in [0.5, 0.6) is 0 Å². The molecule has 0 radical (unpaired) electrons. The van der Waals surface area contributed by atoms with Gasteiger partial charge in [0, 0.05) is 12.2 Å². The summed E-state index contributed by atoms with van der Waals surface area (Å²) < 4.78 is 7.00. The molecule has 0 spiro atoms. The molecule has 1 fully saturated rings. The first kappa shape index (κ1) is 12.1. The van der Waals surface area contributed by atoms with Gasteiger partial charge in [-0.2, -0.15) is 0 Å². The number of aromatic nitrogens is 3. The van der Waals surface area contributed by atoms with Crippen LogP contribution in [0.25, 0.3) is 11.2 Å². The Hall–Kier alpha value is -1.91. The molecule has 0 aliphatic heterocycles. The minimum absolute atomic E-state index is 0.190. The molecule has 0 saturated heterocycles. The number of rotatable bonds is 3. The molecule has 2 aromatic heterocycles. The van der Waals surface area contributed by atoms with Crippen LogP contribution in [0.3, 0.4) is 0 Å². The number of hydrogen-bond acceptors (Lipinski definition) is 4. The number of carbonyl (C=O) groups excluding carboxylic acids is 1. The Morgan fingerprint density at radius 1 is 1.47 bits per heavy atom. The van der Waals surface area contributed by atoms with Crippen LogP contribution in [0.4, 0.5) is 0 Å². The van der Waals surface area contributed by atoms with Crippen molar-refractivity contribution in [3.63, 3.8) is 0 Å². The maximum Gasteiger partial charge on any atom is 0.319 e. The van der Waals surface area contributed by atoms with Gasteiger partial charge in [-0.05, 0) is 38.8 Å². The highest BCUT2D eigenvalue weighted by molar-refractivity contribution is 5.87. The van der Waals surface area contributed by atoms with Gasteiger partial charge in [0.25, 0.3) is 0 Å². The molecule has 0 aromatic carbocycles. The molecular weight excluding hydrogens is 242 g/mol. The maximum absolute atomic E-state index is 12.1. The number of carbonyl (C=O) groups is 1. The molecule has 0 amide bonds. The molecule has 1 aliphatic rings. The van der Waals surface area contributed by atoms with E-state index in [1.54, 1.807) is 6.20 Å². The van der Waals surface area contributed by atoms with E-state index in [0.717, 1.165) is 29.8 Å². The van der Waals surface area contributed by atoms with Crippen LogP contribution >= 0.6 is 0 Å². The van der Waals surface area contributed by atoms with E-state index >= 15 is 0 Å². The lowest BCUT2D eigenvalue weighted by atomic mass is 10.1. The van der Waals surface area contributed by atoms with Gasteiger partial charge >= 0.3 is 5.97 Å². The lowest BCUT2D eigenvalue weighted by Gasteiger charge is -2.17. The Labute approximate surface area is 111 Å². The summed E-state index contributed by atoms with van der Waals surface area (Å²) in [5.74, 6) is 0.604. The summed E-state index contributed by atoms with van der Waals surface area (Å²) in [6.45, 7) is 4.15. The summed E-state index contributed by atoms with van der Waals surface area (Å²) in [7, 11) is 1.43. The van der Waals surface area contributed by atoms with Crippen molar-refractivity contribution in [2.75, 3.05) is 7.11 Å². The second kappa shape index (κ2) is 4.05. The van der Waals surface area contributed by atoms with Crippen molar-refractivity contribution in [1.29, 1.82) is 0 Å². The first-order valence-electron chi connectivity index (χ1n) is 6.52. The molecule has 5 nitrogen and oxygen atoms in total. The van der Waals surface area contributed by atoms with Gasteiger partial charge in [-0.15, -0.1) is 0 Å². The molecule has 1 aliphatic carbocycles. The number of methoxy groups -OCH3 is 1. The topological polar surface area (TPSA) is 57.0 Å². The molecule has 0 bridgehead atoms. The molecule has 2 aromatic rings. The van der Waals surface area contributed by atoms with Crippen LogP contribution < -0.4 is 0 Å². The number of ether oxygens (including phenoxy) is 1. The molecule has 0 atom stereocenters. The maximum atomic E-state index is 12.1. The number of fused-ring (bicyclic) bond motifs is 1. The average molecular weight is 259 g/mol. The molecule has 0 unspecified atom stereocenters. The molecule has 2 heterocycles. The summed E-state index contributed by atoms with van der Waals surface area (Å²) in [5.41, 5.74) is 1.11. The van der Waals surface area contributed by atoms with Crippen molar-refractivity contribution in [2.24, 2.45) is 0 Å². The third-order valence-corrected chi connectivity index (χ3v) is 3.72. The van der Waals surface area contributed by atoms with Crippen LogP contribution in [0.1, 0.15) is 38.6 Å². The van der Waals surface area contributed by atoms with Gasteiger partial charge < -0.3 is 9.30 Å². The highest BCUT2D eigenvalue weighted by Crippen LogP contribution is 2.49. The minimum atomic E-state index is -0.556. The van der Waals surface area contributed by atoms with Crippen molar-refractivity contribution < 1.29 is 9.53 Å².